The lowest BCUT2D eigenvalue weighted by Crippen LogP contribution is -2.42. The monoisotopic (exact) mass is 294 g/mol. The van der Waals surface area contributed by atoms with Gasteiger partial charge in [0.1, 0.15) is 11.5 Å². The fourth-order valence-electron chi connectivity index (χ4n) is 2.05. The van der Waals surface area contributed by atoms with E-state index in [-0.39, 0.29) is 35.9 Å². The van der Waals surface area contributed by atoms with Crippen LogP contribution in [0.5, 0.6) is 11.5 Å². The molecule has 1 heterocycles. The Balaban J connectivity index is 1.81. The van der Waals surface area contributed by atoms with Crippen LogP contribution in [-0.2, 0) is 9.53 Å². The average molecular weight is 294 g/mol. The summed E-state index contributed by atoms with van der Waals surface area (Å²) in [7, 11) is 0. The lowest BCUT2D eigenvalue weighted by molar-refractivity contribution is -0.135. The zero-order valence-electron chi connectivity index (χ0n) is 11.5. The van der Waals surface area contributed by atoms with Gasteiger partial charge in [-0.2, -0.15) is 0 Å². The number of carbonyl (C=O) groups excluding carboxylic acids is 2. The van der Waals surface area contributed by atoms with E-state index in [2.05, 4.69) is 5.32 Å². The average Bonchev–Trinajstić information content (AvgIpc) is 2.50. The van der Waals surface area contributed by atoms with Crippen molar-refractivity contribution in [1.29, 1.82) is 0 Å². The molecule has 0 saturated carbocycles. The molecule has 0 atom stereocenters. The Morgan fingerprint density at radius 3 is 2.67 bits per heavy atom. The van der Waals surface area contributed by atoms with Gasteiger partial charge in [0.15, 0.2) is 0 Å². The number of rotatable bonds is 4. The minimum absolute atomic E-state index is 0.0196. The molecule has 1 fully saturated rings. The molecule has 7 heteroatoms. The number of morpholine rings is 1. The Bertz CT molecular complexity index is 526. The summed E-state index contributed by atoms with van der Waals surface area (Å²) >= 11 is 0. The Labute approximate surface area is 122 Å². The van der Waals surface area contributed by atoms with Gasteiger partial charge in [0.25, 0.3) is 5.91 Å². The quantitative estimate of drug-likeness (QED) is 0.683. The van der Waals surface area contributed by atoms with Crippen LogP contribution in [0.4, 0.5) is 0 Å². The van der Waals surface area contributed by atoms with Gasteiger partial charge in [-0.05, 0) is 18.2 Å². The van der Waals surface area contributed by atoms with Crippen LogP contribution in [0.15, 0.2) is 18.2 Å². The molecular weight excluding hydrogens is 276 g/mol. The van der Waals surface area contributed by atoms with Crippen molar-refractivity contribution in [1.82, 2.24) is 10.2 Å². The van der Waals surface area contributed by atoms with Gasteiger partial charge in [-0.15, -0.1) is 0 Å². The summed E-state index contributed by atoms with van der Waals surface area (Å²) in [5.74, 6) is -0.899. The number of hydrogen-bond acceptors (Lipinski definition) is 5. The highest BCUT2D eigenvalue weighted by Crippen LogP contribution is 2.21. The van der Waals surface area contributed by atoms with E-state index in [0.717, 1.165) is 0 Å². The number of benzene rings is 1. The number of nitrogens with zero attached hydrogens (tertiary/aromatic N) is 1. The highest BCUT2D eigenvalue weighted by Gasteiger charge is 2.17. The first-order valence-corrected chi connectivity index (χ1v) is 6.73. The number of nitrogens with one attached hydrogen (secondary N) is 1. The minimum Gasteiger partial charge on any atom is -0.508 e. The Hall–Kier alpha value is -2.28. The summed E-state index contributed by atoms with van der Waals surface area (Å²) < 4.78 is 5.16. The highest BCUT2D eigenvalue weighted by atomic mass is 16.5. The molecule has 0 aromatic heterocycles. The number of amides is 2. The van der Waals surface area contributed by atoms with Crippen LogP contribution < -0.4 is 5.32 Å². The summed E-state index contributed by atoms with van der Waals surface area (Å²) in [6.07, 6.45) is 0.186. The first kappa shape index (κ1) is 15.1. The lowest BCUT2D eigenvalue weighted by atomic mass is 10.1. The standard InChI is InChI=1S/C14H18N2O5/c17-10-1-2-12(18)11(9-10)14(20)15-4-3-13(19)16-5-7-21-8-6-16/h1-2,9,17-18H,3-8H2,(H,15,20). The third kappa shape index (κ3) is 4.09. The first-order chi connectivity index (χ1) is 10.1. The van der Waals surface area contributed by atoms with Crippen molar-refractivity contribution in [2.45, 2.75) is 6.42 Å². The van der Waals surface area contributed by atoms with Crippen LogP contribution in [0.25, 0.3) is 0 Å². The molecule has 1 aliphatic rings. The molecule has 1 saturated heterocycles. The molecule has 0 spiro atoms. The SMILES string of the molecule is O=C(NCCC(=O)N1CCOCC1)c1cc(O)ccc1O. The summed E-state index contributed by atoms with van der Waals surface area (Å²) in [6, 6.07) is 3.70. The summed E-state index contributed by atoms with van der Waals surface area (Å²) in [6.45, 7) is 2.38. The maximum absolute atomic E-state index is 11.9. The van der Waals surface area contributed by atoms with E-state index in [1.807, 2.05) is 0 Å². The maximum Gasteiger partial charge on any atom is 0.255 e. The molecule has 21 heavy (non-hydrogen) atoms. The molecule has 7 nitrogen and oxygen atoms in total. The molecule has 0 bridgehead atoms. The molecule has 3 N–H and O–H groups in total. The van der Waals surface area contributed by atoms with Gasteiger partial charge in [-0.1, -0.05) is 0 Å². The van der Waals surface area contributed by atoms with Crippen molar-refractivity contribution in [3.05, 3.63) is 23.8 Å². The van der Waals surface area contributed by atoms with Crippen molar-refractivity contribution in [2.24, 2.45) is 0 Å². The summed E-state index contributed by atoms with van der Waals surface area (Å²) in [5, 5.41) is 21.4. The van der Waals surface area contributed by atoms with Gasteiger partial charge in [-0.25, -0.2) is 0 Å². The van der Waals surface area contributed by atoms with E-state index in [4.69, 9.17) is 4.74 Å². The fraction of sp³-hybridized carbons (Fsp3) is 0.429. The van der Waals surface area contributed by atoms with Crippen LogP contribution in [0.2, 0.25) is 0 Å². The maximum atomic E-state index is 11.9. The Morgan fingerprint density at radius 1 is 1.24 bits per heavy atom. The van der Waals surface area contributed by atoms with E-state index in [1.165, 1.54) is 18.2 Å². The van der Waals surface area contributed by atoms with Gasteiger partial charge < -0.3 is 25.2 Å². The molecule has 0 aliphatic carbocycles. The Kier molecular flexibility index (Phi) is 4.99. The van der Waals surface area contributed by atoms with Gasteiger partial charge >= 0.3 is 0 Å². The van der Waals surface area contributed by atoms with E-state index >= 15 is 0 Å². The molecule has 1 aromatic carbocycles. The fourth-order valence-corrected chi connectivity index (χ4v) is 2.05. The lowest BCUT2D eigenvalue weighted by Gasteiger charge is -2.26. The van der Waals surface area contributed by atoms with Crippen molar-refractivity contribution in [3.63, 3.8) is 0 Å². The molecule has 0 radical (unpaired) electrons. The molecular formula is C14H18N2O5. The second kappa shape index (κ2) is 6.94. The molecule has 2 amide bonds. The molecule has 1 aromatic rings. The third-order valence-electron chi connectivity index (χ3n) is 3.21. The summed E-state index contributed by atoms with van der Waals surface area (Å²) in [4.78, 5) is 25.4. The highest BCUT2D eigenvalue weighted by molar-refractivity contribution is 5.97. The smallest absolute Gasteiger partial charge is 0.255 e. The predicted molar refractivity (Wildman–Crippen MR) is 74.1 cm³/mol. The number of phenols is 2. The van der Waals surface area contributed by atoms with E-state index in [9.17, 15) is 19.8 Å². The van der Waals surface area contributed by atoms with Crippen LogP contribution in [0.1, 0.15) is 16.8 Å². The van der Waals surface area contributed by atoms with Crippen LogP contribution in [0, 0.1) is 0 Å². The number of hydrogen-bond donors (Lipinski definition) is 3. The summed E-state index contributed by atoms with van der Waals surface area (Å²) in [5.41, 5.74) is -0.0196. The molecule has 2 rings (SSSR count). The Morgan fingerprint density at radius 2 is 1.95 bits per heavy atom. The third-order valence-corrected chi connectivity index (χ3v) is 3.21. The number of ether oxygens (including phenoxy) is 1. The van der Waals surface area contributed by atoms with Crippen molar-refractivity contribution >= 4 is 11.8 Å². The van der Waals surface area contributed by atoms with Gasteiger partial charge in [-0.3, -0.25) is 9.59 Å². The van der Waals surface area contributed by atoms with Crippen molar-refractivity contribution < 1.29 is 24.5 Å². The predicted octanol–water partition coefficient (Wildman–Crippen LogP) is 0.0765. The minimum atomic E-state index is -0.529. The first-order valence-electron chi connectivity index (χ1n) is 6.73. The zero-order valence-corrected chi connectivity index (χ0v) is 11.5. The number of carbonyl (C=O) groups is 2. The molecule has 114 valence electrons. The number of aromatic hydroxyl groups is 2. The van der Waals surface area contributed by atoms with Crippen molar-refractivity contribution in [3.8, 4) is 11.5 Å². The van der Waals surface area contributed by atoms with E-state index in [0.29, 0.717) is 26.3 Å². The topological polar surface area (TPSA) is 99.1 Å². The van der Waals surface area contributed by atoms with Crippen molar-refractivity contribution in [2.75, 3.05) is 32.8 Å². The van der Waals surface area contributed by atoms with Crippen LogP contribution in [-0.4, -0.2) is 59.8 Å². The van der Waals surface area contributed by atoms with Crippen LogP contribution >= 0.6 is 0 Å². The van der Waals surface area contributed by atoms with E-state index in [1.54, 1.807) is 4.90 Å². The second-order valence-corrected chi connectivity index (χ2v) is 4.70. The number of phenolic OH excluding ortho intramolecular Hbond substituents is 2. The van der Waals surface area contributed by atoms with Gasteiger partial charge in [0.05, 0.1) is 18.8 Å². The second-order valence-electron chi connectivity index (χ2n) is 4.70. The van der Waals surface area contributed by atoms with Crippen LogP contribution in [0.3, 0.4) is 0 Å². The normalized spacial score (nSPS) is 14.8. The molecule has 0 unspecified atom stereocenters. The largest absolute Gasteiger partial charge is 0.508 e. The molecule has 1 aliphatic heterocycles. The zero-order chi connectivity index (χ0) is 15.2. The van der Waals surface area contributed by atoms with Gasteiger partial charge in [0.2, 0.25) is 5.91 Å². The van der Waals surface area contributed by atoms with E-state index < -0.39 is 5.91 Å². The van der Waals surface area contributed by atoms with Gasteiger partial charge in [0, 0.05) is 26.1 Å².